The molecule has 0 saturated heterocycles. The Morgan fingerprint density at radius 2 is 2.05 bits per heavy atom. The topological polar surface area (TPSA) is 51.5 Å². The first kappa shape index (κ1) is 13.9. The zero-order valence-corrected chi connectivity index (χ0v) is 12.0. The molecule has 0 bridgehead atoms. The third-order valence-electron chi connectivity index (χ3n) is 2.64. The van der Waals surface area contributed by atoms with E-state index in [2.05, 4.69) is 0 Å². The Kier molecular flexibility index (Phi) is 4.47. The molecule has 0 amide bonds. The number of hydrogen-bond donors (Lipinski definition) is 1. The summed E-state index contributed by atoms with van der Waals surface area (Å²) in [5.74, 6) is 0.765. The molecule has 1 aromatic carbocycles. The summed E-state index contributed by atoms with van der Waals surface area (Å²) in [7, 11) is 1.61. The summed E-state index contributed by atoms with van der Waals surface area (Å²) in [6, 6.07) is 8.98. The van der Waals surface area contributed by atoms with Gasteiger partial charge in [-0.15, -0.1) is 11.3 Å². The third-order valence-corrected chi connectivity index (χ3v) is 4.08. The molecule has 2 rings (SSSR count). The number of aromatic nitrogens is 1. The van der Waals surface area contributed by atoms with E-state index in [0.29, 0.717) is 3.95 Å². The minimum Gasteiger partial charge on any atom is -0.497 e. The van der Waals surface area contributed by atoms with Crippen LogP contribution in [0.3, 0.4) is 0 Å². The third kappa shape index (κ3) is 3.09. The molecule has 1 N–H and O–H groups in total. The van der Waals surface area contributed by atoms with E-state index in [4.69, 9.17) is 22.1 Å². The first-order valence-electron chi connectivity index (χ1n) is 5.66. The van der Waals surface area contributed by atoms with E-state index in [1.165, 1.54) is 22.0 Å². The average molecular weight is 295 g/mol. The van der Waals surface area contributed by atoms with Gasteiger partial charge in [0.1, 0.15) is 5.75 Å². The largest absolute Gasteiger partial charge is 0.497 e. The van der Waals surface area contributed by atoms with Gasteiger partial charge in [-0.05, 0) is 42.0 Å². The minimum atomic E-state index is -0.191. The maximum atomic E-state index is 11.9. The molecule has 0 saturated carbocycles. The van der Waals surface area contributed by atoms with Crippen molar-refractivity contribution in [2.24, 2.45) is 0 Å². The number of ether oxygens (including phenoxy) is 1. The number of aliphatic hydroxyl groups is 1. The van der Waals surface area contributed by atoms with Gasteiger partial charge in [0, 0.05) is 10.9 Å². The van der Waals surface area contributed by atoms with Crippen LogP contribution in [0, 0.1) is 3.95 Å². The van der Waals surface area contributed by atoms with Crippen LogP contribution in [0.1, 0.15) is 0 Å². The quantitative estimate of drug-likeness (QED) is 0.879. The Balaban J connectivity index is 2.46. The van der Waals surface area contributed by atoms with E-state index >= 15 is 0 Å². The van der Waals surface area contributed by atoms with Crippen LogP contribution in [-0.4, -0.2) is 23.4 Å². The molecule has 1 aromatic heterocycles. The van der Waals surface area contributed by atoms with E-state index in [1.54, 1.807) is 7.11 Å². The molecule has 0 atom stereocenters. The molecule has 0 fully saturated rings. The van der Waals surface area contributed by atoms with Crippen molar-refractivity contribution >= 4 is 23.6 Å². The van der Waals surface area contributed by atoms with Crippen molar-refractivity contribution in [1.29, 1.82) is 0 Å². The Labute approximate surface area is 119 Å². The SMILES string of the molecule is COc1ccc(-c2cc(=O)n(CCO)c(=S)s2)cc1. The molecule has 4 nitrogen and oxygen atoms in total. The first-order chi connectivity index (χ1) is 9.15. The lowest BCUT2D eigenvalue weighted by molar-refractivity contribution is 0.274. The van der Waals surface area contributed by atoms with Gasteiger partial charge in [-0.3, -0.25) is 9.36 Å². The molecule has 19 heavy (non-hydrogen) atoms. The van der Waals surface area contributed by atoms with Gasteiger partial charge in [-0.1, -0.05) is 0 Å². The number of benzene rings is 1. The second-order valence-electron chi connectivity index (χ2n) is 3.82. The fourth-order valence-corrected chi connectivity index (χ4v) is 3.00. The van der Waals surface area contributed by atoms with Crippen LogP contribution in [-0.2, 0) is 6.54 Å². The summed E-state index contributed by atoms with van der Waals surface area (Å²) in [5, 5.41) is 8.90. The van der Waals surface area contributed by atoms with E-state index in [1.807, 2.05) is 24.3 Å². The molecule has 0 aliphatic carbocycles. The minimum absolute atomic E-state index is 0.0991. The Morgan fingerprint density at radius 3 is 2.58 bits per heavy atom. The number of rotatable bonds is 4. The van der Waals surface area contributed by atoms with Crippen LogP contribution < -0.4 is 10.3 Å². The highest BCUT2D eigenvalue weighted by atomic mass is 32.1. The van der Waals surface area contributed by atoms with Crippen molar-refractivity contribution in [2.45, 2.75) is 6.54 Å². The maximum absolute atomic E-state index is 11.9. The van der Waals surface area contributed by atoms with Gasteiger partial charge in [-0.2, -0.15) is 0 Å². The molecule has 0 aliphatic heterocycles. The van der Waals surface area contributed by atoms with E-state index in [0.717, 1.165) is 16.2 Å². The molecular weight excluding hydrogens is 282 g/mol. The zero-order valence-electron chi connectivity index (χ0n) is 10.3. The molecule has 0 spiro atoms. The van der Waals surface area contributed by atoms with Gasteiger partial charge in [0.2, 0.25) is 0 Å². The number of aliphatic hydroxyl groups excluding tert-OH is 1. The van der Waals surface area contributed by atoms with Crippen LogP contribution >= 0.6 is 23.6 Å². The van der Waals surface area contributed by atoms with Crippen molar-refractivity contribution < 1.29 is 9.84 Å². The second-order valence-corrected chi connectivity index (χ2v) is 5.49. The summed E-state index contributed by atoms with van der Waals surface area (Å²) in [5.41, 5.74) is 0.730. The van der Waals surface area contributed by atoms with Crippen LogP contribution in [0.4, 0.5) is 0 Å². The van der Waals surface area contributed by atoms with Crippen LogP contribution in [0.25, 0.3) is 10.4 Å². The Bertz CT molecular complexity index is 642. The predicted octanol–water partition coefficient (Wildman–Crippen LogP) is 2.31. The lowest BCUT2D eigenvalue weighted by Gasteiger charge is -2.06. The van der Waals surface area contributed by atoms with Crippen molar-refractivity contribution in [2.75, 3.05) is 13.7 Å². The molecule has 100 valence electrons. The highest BCUT2D eigenvalue weighted by molar-refractivity contribution is 7.73. The number of methoxy groups -OCH3 is 1. The van der Waals surface area contributed by atoms with Gasteiger partial charge in [0.15, 0.2) is 3.95 Å². The van der Waals surface area contributed by atoms with Crippen molar-refractivity contribution in [3.63, 3.8) is 0 Å². The first-order valence-corrected chi connectivity index (χ1v) is 6.88. The molecule has 1 heterocycles. The van der Waals surface area contributed by atoms with E-state index in [-0.39, 0.29) is 18.7 Å². The number of nitrogens with zero attached hydrogens (tertiary/aromatic N) is 1. The fourth-order valence-electron chi connectivity index (χ4n) is 1.66. The Hall–Kier alpha value is -1.50. The van der Waals surface area contributed by atoms with Crippen molar-refractivity contribution in [1.82, 2.24) is 4.57 Å². The number of hydrogen-bond acceptors (Lipinski definition) is 5. The highest BCUT2D eigenvalue weighted by Gasteiger charge is 2.05. The van der Waals surface area contributed by atoms with Gasteiger partial charge in [0.25, 0.3) is 5.56 Å². The van der Waals surface area contributed by atoms with Gasteiger partial charge >= 0.3 is 0 Å². The van der Waals surface area contributed by atoms with Gasteiger partial charge in [0.05, 0.1) is 20.3 Å². The Morgan fingerprint density at radius 1 is 1.37 bits per heavy atom. The second kappa shape index (κ2) is 6.10. The van der Waals surface area contributed by atoms with E-state index < -0.39 is 0 Å². The lowest BCUT2D eigenvalue weighted by Crippen LogP contribution is -2.20. The summed E-state index contributed by atoms with van der Waals surface area (Å²) in [6.07, 6.45) is 0. The standard InChI is InChI=1S/C13H13NO3S2/c1-17-10-4-2-9(3-5-10)11-8-12(16)14(6-7-15)13(18)19-11/h2-5,8,15H,6-7H2,1H3. The van der Waals surface area contributed by atoms with Gasteiger partial charge in [-0.25, -0.2) is 0 Å². The average Bonchev–Trinajstić information content (AvgIpc) is 2.43. The summed E-state index contributed by atoms with van der Waals surface area (Å²) in [4.78, 5) is 12.7. The fraction of sp³-hybridized carbons (Fsp3) is 0.231. The smallest absolute Gasteiger partial charge is 0.253 e. The lowest BCUT2D eigenvalue weighted by atomic mass is 10.2. The molecular formula is C13H13NO3S2. The zero-order chi connectivity index (χ0) is 13.8. The van der Waals surface area contributed by atoms with E-state index in [9.17, 15) is 4.79 Å². The summed E-state index contributed by atoms with van der Waals surface area (Å²) >= 11 is 6.54. The van der Waals surface area contributed by atoms with Crippen molar-refractivity contribution in [3.8, 4) is 16.2 Å². The molecule has 6 heteroatoms. The molecule has 0 radical (unpaired) electrons. The summed E-state index contributed by atoms with van der Waals surface area (Å²) < 4.78 is 6.95. The monoisotopic (exact) mass is 295 g/mol. The predicted molar refractivity (Wildman–Crippen MR) is 78.5 cm³/mol. The van der Waals surface area contributed by atoms with Crippen LogP contribution in [0.2, 0.25) is 0 Å². The molecule has 0 aliphatic rings. The van der Waals surface area contributed by atoms with Crippen molar-refractivity contribution in [3.05, 3.63) is 44.6 Å². The van der Waals surface area contributed by atoms with Crippen LogP contribution in [0.15, 0.2) is 35.1 Å². The molecule has 2 aromatic rings. The molecule has 0 unspecified atom stereocenters. The van der Waals surface area contributed by atoms with Gasteiger partial charge < -0.3 is 9.84 Å². The highest BCUT2D eigenvalue weighted by Crippen LogP contribution is 2.25. The maximum Gasteiger partial charge on any atom is 0.253 e. The summed E-state index contributed by atoms with van der Waals surface area (Å²) in [6.45, 7) is 0.134. The van der Waals surface area contributed by atoms with Crippen LogP contribution in [0.5, 0.6) is 5.75 Å². The normalized spacial score (nSPS) is 10.4.